The summed E-state index contributed by atoms with van der Waals surface area (Å²) in [5.41, 5.74) is 13.1. The molecule has 2 aromatic rings. The summed E-state index contributed by atoms with van der Waals surface area (Å²) in [6, 6.07) is 5.49. The number of carbonyl (C=O) groups excluding carboxylic acids is 1. The molecule has 100 valence electrons. The van der Waals surface area contributed by atoms with Crippen LogP contribution < -0.4 is 11.5 Å². The molecule has 2 rings (SSSR count). The minimum absolute atomic E-state index is 0.0233. The Morgan fingerprint density at radius 1 is 1.53 bits per heavy atom. The van der Waals surface area contributed by atoms with Gasteiger partial charge in [-0.1, -0.05) is 17.7 Å². The number of rotatable bonds is 4. The Labute approximate surface area is 116 Å². The summed E-state index contributed by atoms with van der Waals surface area (Å²) in [5, 5.41) is 4.76. The zero-order chi connectivity index (χ0) is 14.0. The lowest BCUT2D eigenvalue weighted by atomic mass is 10.1. The lowest BCUT2D eigenvalue weighted by Crippen LogP contribution is -2.19. The van der Waals surface area contributed by atoms with Crippen LogP contribution in [0.1, 0.15) is 22.8 Å². The molecule has 0 fully saturated rings. The fourth-order valence-corrected chi connectivity index (χ4v) is 2.11. The molecule has 1 unspecified atom stereocenters. The number of amides is 1. The maximum atomic E-state index is 11.1. The predicted molar refractivity (Wildman–Crippen MR) is 74.4 cm³/mol. The molecule has 0 saturated carbocycles. The van der Waals surface area contributed by atoms with Gasteiger partial charge >= 0.3 is 0 Å². The highest BCUT2D eigenvalue weighted by Crippen LogP contribution is 2.24. The Morgan fingerprint density at radius 3 is 2.84 bits per heavy atom. The van der Waals surface area contributed by atoms with Crippen LogP contribution in [0.5, 0.6) is 0 Å². The second kappa shape index (κ2) is 5.42. The van der Waals surface area contributed by atoms with E-state index in [4.69, 9.17) is 23.1 Å². The van der Waals surface area contributed by atoms with E-state index in [0.717, 1.165) is 11.3 Å². The molecule has 0 spiro atoms. The minimum Gasteiger partial charge on any atom is -0.366 e. The van der Waals surface area contributed by atoms with E-state index < -0.39 is 5.91 Å². The van der Waals surface area contributed by atoms with Gasteiger partial charge in [-0.3, -0.25) is 4.79 Å². The van der Waals surface area contributed by atoms with E-state index in [0.29, 0.717) is 17.0 Å². The molecule has 1 aromatic carbocycles. The minimum atomic E-state index is -0.512. The number of nitrogens with two attached hydrogens (primary N) is 2. The SMILES string of the molecule is CC(N)Cc1c(Cl)cccc1-n1cc(C(N)=O)cn1. The van der Waals surface area contributed by atoms with Crippen LogP contribution in [0.2, 0.25) is 5.02 Å². The fraction of sp³-hybridized carbons (Fsp3) is 0.231. The van der Waals surface area contributed by atoms with Crippen LogP contribution in [0.3, 0.4) is 0 Å². The normalized spacial score (nSPS) is 12.4. The number of nitrogens with zero attached hydrogens (tertiary/aromatic N) is 2. The van der Waals surface area contributed by atoms with Crippen LogP contribution in [0.4, 0.5) is 0 Å². The summed E-state index contributed by atoms with van der Waals surface area (Å²) in [6.45, 7) is 1.91. The van der Waals surface area contributed by atoms with E-state index in [1.807, 2.05) is 19.1 Å². The quantitative estimate of drug-likeness (QED) is 0.889. The average Bonchev–Trinajstić information content (AvgIpc) is 2.80. The first kappa shape index (κ1) is 13.6. The smallest absolute Gasteiger partial charge is 0.251 e. The second-order valence-corrected chi connectivity index (χ2v) is 4.86. The Morgan fingerprint density at radius 2 is 2.26 bits per heavy atom. The molecule has 5 nitrogen and oxygen atoms in total. The molecule has 0 aliphatic rings. The van der Waals surface area contributed by atoms with Gasteiger partial charge in [0.2, 0.25) is 0 Å². The van der Waals surface area contributed by atoms with E-state index >= 15 is 0 Å². The third-order valence-electron chi connectivity index (χ3n) is 2.73. The number of primary amides is 1. The molecule has 19 heavy (non-hydrogen) atoms. The summed E-state index contributed by atoms with van der Waals surface area (Å²) >= 11 is 6.20. The van der Waals surface area contributed by atoms with Crippen molar-refractivity contribution in [1.29, 1.82) is 0 Å². The van der Waals surface area contributed by atoms with E-state index in [1.54, 1.807) is 16.9 Å². The van der Waals surface area contributed by atoms with E-state index in [-0.39, 0.29) is 6.04 Å². The monoisotopic (exact) mass is 278 g/mol. The van der Waals surface area contributed by atoms with Crippen molar-refractivity contribution in [2.75, 3.05) is 0 Å². The molecular formula is C13H15ClN4O. The van der Waals surface area contributed by atoms with Crippen molar-refractivity contribution in [2.45, 2.75) is 19.4 Å². The van der Waals surface area contributed by atoms with Gasteiger partial charge in [-0.15, -0.1) is 0 Å². The zero-order valence-corrected chi connectivity index (χ0v) is 11.3. The molecule has 0 aliphatic carbocycles. The fourth-order valence-electron chi connectivity index (χ4n) is 1.87. The van der Waals surface area contributed by atoms with E-state index in [1.165, 1.54) is 6.20 Å². The molecule has 0 radical (unpaired) electrons. The van der Waals surface area contributed by atoms with Crippen molar-refractivity contribution < 1.29 is 4.79 Å². The maximum Gasteiger partial charge on any atom is 0.251 e. The highest BCUT2D eigenvalue weighted by atomic mass is 35.5. The molecule has 1 aromatic heterocycles. The van der Waals surface area contributed by atoms with Gasteiger partial charge in [-0.2, -0.15) is 5.10 Å². The standard InChI is InChI=1S/C13H15ClN4O/c1-8(15)5-10-11(14)3-2-4-12(10)18-7-9(6-17-18)13(16)19/h2-4,6-8H,5,15H2,1H3,(H2,16,19). The van der Waals surface area contributed by atoms with Gasteiger partial charge in [0.1, 0.15) is 0 Å². The number of benzene rings is 1. The second-order valence-electron chi connectivity index (χ2n) is 4.46. The number of hydrogen-bond acceptors (Lipinski definition) is 3. The van der Waals surface area contributed by atoms with Crippen molar-refractivity contribution in [1.82, 2.24) is 9.78 Å². The van der Waals surface area contributed by atoms with Gasteiger partial charge < -0.3 is 11.5 Å². The van der Waals surface area contributed by atoms with Gasteiger partial charge in [0, 0.05) is 17.3 Å². The zero-order valence-electron chi connectivity index (χ0n) is 10.5. The summed E-state index contributed by atoms with van der Waals surface area (Å²) in [6.07, 6.45) is 3.64. The number of halogens is 1. The van der Waals surface area contributed by atoms with Crippen molar-refractivity contribution in [3.8, 4) is 5.69 Å². The lowest BCUT2D eigenvalue weighted by molar-refractivity contribution is 0.100. The molecule has 1 amide bonds. The van der Waals surface area contributed by atoms with Crippen LogP contribution in [0.25, 0.3) is 5.69 Å². The highest BCUT2D eigenvalue weighted by Gasteiger charge is 2.13. The van der Waals surface area contributed by atoms with Crippen LogP contribution in [0.15, 0.2) is 30.6 Å². The van der Waals surface area contributed by atoms with Gasteiger partial charge in [0.05, 0.1) is 17.4 Å². The summed E-state index contributed by atoms with van der Waals surface area (Å²) in [5.74, 6) is -0.512. The third-order valence-corrected chi connectivity index (χ3v) is 3.09. The Balaban J connectivity index is 2.48. The van der Waals surface area contributed by atoms with Crippen molar-refractivity contribution in [3.05, 3.63) is 46.7 Å². The first-order valence-corrected chi connectivity index (χ1v) is 6.24. The summed E-state index contributed by atoms with van der Waals surface area (Å²) < 4.78 is 1.59. The van der Waals surface area contributed by atoms with Crippen LogP contribution in [-0.2, 0) is 6.42 Å². The topological polar surface area (TPSA) is 86.9 Å². The maximum absolute atomic E-state index is 11.1. The Kier molecular flexibility index (Phi) is 3.87. The van der Waals surface area contributed by atoms with Crippen molar-refractivity contribution in [2.24, 2.45) is 11.5 Å². The molecule has 6 heteroatoms. The molecule has 4 N–H and O–H groups in total. The molecule has 1 atom stereocenters. The summed E-state index contributed by atoms with van der Waals surface area (Å²) in [4.78, 5) is 11.1. The average molecular weight is 279 g/mol. The van der Waals surface area contributed by atoms with Crippen molar-refractivity contribution >= 4 is 17.5 Å². The molecule has 0 saturated heterocycles. The lowest BCUT2D eigenvalue weighted by Gasteiger charge is -2.13. The first-order valence-electron chi connectivity index (χ1n) is 5.87. The molecule has 0 bridgehead atoms. The van der Waals surface area contributed by atoms with E-state index in [9.17, 15) is 4.79 Å². The molecular weight excluding hydrogens is 264 g/mol. The summed E-state index contributed by atoms with van der Waals surface area (Å²) in [7, 11) is 0. The van der Waals surface area contributed by atoms with Gasteiger partial charge in [0.15, 0.2) is 0 Å². The Hall–Kier alpha value is -1.85. The third kappa shape index (κ3) is 2.94. The van der Waals surface area contributed by atoms with Crippen LogP contribution >= 0.6 is 11.6 Å². The number of aromatic nitrogens is 2. The Bertz CT molecular complexity index is 606. The van der Waals surface area contributed by atoms with Crippen LogP contribution in [-0.4, -0.2) is 21.7 Å². The molecule has 1 heterocycles. The van der Waals surface area contributed by atoms with Crippen LogP contribution in [0, 0.1) is 0 Å². The number of carbonyl (C=O) groups is 1. The van der Waals surface area contributed by atoms with Gasteiger partial charge in [-0.25, -0.2) is 4.68 Å². The largest absolute Gasteiger partial charge is 0.366 e. The first-order chi connectivity index (χ1) is 8.99. The van der Waals surface area contributed by atoms with Crippen molar-refractivity contribution in [3.63, 3.8) is 0 Å². The van der Waals surface area contributed by atoms with Gasteiger partial charge in [0.25, 0.3) is 5.91 Å². The van der Waals surface area contributed by atoms with E-state index in [2.05, 4.69) is 5.10 Å². The highest BCUT2D eigenvalue weighted by molar-refractivity contribution is 6.31. The predicted octanol–water partition coefficient (Wildman–Crippen LogP) is 1.51. The van der Waals surface area contributed by atoms with Gasteiger partial charge in [-0.05, 0) is 31.0 Å². The molecule has 0 aliphatic heterocycles. The number of hydrogen-bond donors (Lipinski definition) is 2.